The molecule has 0 saturated heterocycles. The summed E-state index contributed by atoms with van der Waals surface area (Å²) in [7, 11) is 0. The zero-order valence-corrected chi connectivity index (χ0v) is 11.8. The molecule has 0 unspecified atom stereocenters. The highest BCUT2D eigenvalue weighted by Crippen LogP contribution is 2.09. The molecule has 0 saturated carbocycles. The van der Waals surface area contributed by atoms with Crippen LogP contribution in [0.1, 0.15) is 27.3 Å². The van der Waals surface area contributed by atoms with Gasteiger partial charge in [0.25, 0.3) is 5.91 Å². The third-order valence-corrected chi connectivity index (χ3v) is 2.60. The summed E-state index contributed by atoms with van der Waals surface area (Å²) in [4.78, 5) is 24.6. The van der Waals surface area contributed by atoms with E-state index in [4.69, 9.17) is 5.73 Å². The number of anilines is 1. The van der Waals surface area contributed by atoms with Crippen molar-refractivity contribution in [1.29, 1.82) is 0 Å². The number of pyridine rings is 1. The number of aromatic nitrogens is 3. The first-order chi connectivity index (χ1) is 10.1. The van der Waals surface area contributed by atoms with E-state index in [1.807, 2.05) is 19.9 Å². The summed E-state index contributed by atoms with van der Waals surface area (Å²) in [6.45, 7) is 3.90. The maximum Gasteiger partial charge on any atom is 0.259 e. The summed E-state index contributed by atoms with van der Waals surface area (Å²) in [5, 5.41) is 2.67. The Morgan fingerprint density at radius 2 is 2.05 bits per heavy atom. The monoisotopic (exact) mass is 281 g/mol. The second-order valence-corrected chi connectivity index (χ2v) is 4.36. The van der Waals surface area contributed by atoms with Crippen LogP contribution in [-0.2, 0) is 0 Å². The van der Waals surface area contributed by atoms with Crippen molar-refractivity contribution in [3.63, 3.8) is 0 Å². The molecular formula is C15H15N5O. The van der Waals surface area contributed by atoms with Crippen LogP contribution in [0.5, 0.6) is 0 Å². The summed E-state index contributed by atoms with van der Waals surface area (Å²) >= 11 is 0. The molecule has 0 aromatic carbocycles. The normalized spacial score (nSPS) is 9.67. The number of carbonyl (C=O) groups excluding carboxylic acids is 1. The van der Waals surface area contributed by atoms with Crippen molar-refractivity contribution in [2.45, 2.75) is 13.8 Å². The lowest BCUT2D eigenvalue weighted by molar-refractivity contribution is 0.102. The van der Waals surface area contributed by atoms with E-state index in [0.29, 0.717) is 11.1 Å². The Morgan fingerprint density at radius 3 is 2.71 bits per heavy atom. The fourth-order valence-electron chi connectivity index (χ4n) is 1.79. The fraction of sp³-hybridized carbons (Fsp3) is 0.200. The van der Waals surface area contributed by atoms with Gasteiger partial charge in [0.1, 0.15) is 0 Å². The van der Waals surface area contributed by atoms with Crippen molar-refractivity contribution in [3.05, 3.63) is 47.0 Å². The number of nitrogens with zero attached hydrogens (tertiary/aromatic N) is 3. The molecule has 21 heavy (non-hydrogen) atoms. The molecule has 6 heteroatoms. The molecule has 0 bridgehead atoms. The van der Waals surface area contributed by atoms with Crippen LogP contribution in [0.25, 0.3) is 0 Å². The van der Waals surface area contributed by atoms with Crippen LogP contribution in [0, 0.1) is 25.7 Å². The quantitative estimate of drug-likeness (QED) is 0.802. The molecule has 2 aromatic heterocycles. The molecule has 0 atom stereocenters. The summed E-state index contributed by atoms with van der Waals surface area (Å²) in [6, 6.07) is 3.43. The molecule has 6 nitrogen and oxygen atoms in total. The average molecular weight is 281 g/mol. The van der Waals surface area contributed by atoms with Gasteiger partial charge >= 0.3 is 0 Å². The van der Waals surface area contributed by atoms with E-state index in [9.17, 15) is 4.79 Å². The van der Waals surface area contributed by atoms with Gasteiger partial charge in [-0.15, -0.1) is 0 Å². The van der Waals surface area contributed by atoms with Gasteiger partial charge in [0.15, 0.2) is 0 Å². The van der Waals surface area contributed by atoms with Gasteiger partial charge in [0, 0.05) is 23.8 Å². The number of rotatable bonds is 2. The smallest absolute Gasteiger partial charge is 0.259 e. The third-order valence-electron chi connectivity index (χ3n) is 2.60. The number of aryl methyl sites for hydroxylation is 2. The van der Waals surface area contributed by atoms with E-state index in [1.54, 1.807) is 6.07 Å². The Hall–Kier alpha value is -2.78. The predicted molar refractivity (Wildman–Crippen MR) is 79.6 cm³/mol. The van der Waals surface area contributed by atoms with Crippen molar-refractivity contribution in [2.24, 2.45) is 5.73 Å². The first-order valence-corrected chi connectivity index (χ1v) is 6.36. The third kappa shape index (κ3) is 3.84. The van der Waals surface area contributed by atoms with Crippen molar-refractivity contribution in [3.8, 4) is 11.8 Å². The van der Waals surface area contributed by atoms with E-state index in [0.717, 1.165) is 11.4 Å². The van der Waals surface area contributed by atoms with E-state index in [2.05, 4.69) is 32.1 Å². The second kappa shape index (κ2) is 6.59. The van der Waals surface area contributed by atoms with Crippen LogP contribution < -0.4 is 11.1 Å². The SMILES string of the molecule is Cc1cc(C)nc(NC(=O)c2ccncc2C#CCN)n1. The molecule has 2 heterocycles. The molecule has 0 aliphatic rings. The molecule has 2 rings (SSSR count). The summed E-state index contributed by atoms with van der Waals surface area (Å²) in [5.41, 5.74) is 7.85. The average Bonchev–Trinajstić information content (AvgIpc) is 2.44. The zero-order chi connectivity index (χ0) is 15.2. The molecule has 0 aliphatic carbocycles. The van der Waals surface area contributed by atoms with Gasteiger partial charge in [-0.1, -0.05) is 11.8 Å². The molecular weight excluding hydrogens is 266 g/mol. The maximum absolute atomic E-state index is 12.3. The van der Waals surface area contributed by atoms with Gasteiger partial charge in [0.2, 0.25) is 5.95 Å². The number of nitrogens with two attached hydrogens (primary N) is 1. The minimum atomic E-state index is -0.330. The molecule has 2 aromatic rings. The first-order valence-electron chi connectivity index (χ1n) is 6.36. The fourth-order valence-corrected chi connectivity index (χ4v) is 1.79. The topological polar surface area (TPSA) is 93.8 Å². The predicted octanol–water partition coefficient (Wildman–Crippen LogP) is 1.05. The molecule has 106 valence electrons. The summed E-state index contributed by atoms with van der Waals surface area (Å²) in [5.74, 6) is 5.47. The lowest BCUT2D eigenvalue weighted by Gasteiger charge is -2.06. The van der Waals surface area contributed by atoms with Crippen LogP contribution in [0.2, 0.25) is 0 Å². The van der Waals surface area contributed by atoms with Crippen LogP contribution >= 0.6 is 0 Å². The van der Waals surface area contributed by atoms with E-state index < -0.39 is 0 Å². The van der Waals surface area contributed by atoms with Gasteiger partial charge in [-0.25, -0.2) is 9.97 Å². The van der Waals surface area contributed by atoms with Gasteiger partial charge in [-0.3, -0.25) is 15.1 Å². The zero-order valence-electron chi connectivity index (χ0n) is 11.8. The van der Waals surface area contributed by atoms with E-state index in [1.165, 1.54) is 12.4 Å². The minimum absolute atomic E-state index is 0.218. The largest absolute Gasteiger partial charge is 0.320 e. The molecule has 0 radical (unpaired) electrons. The molecule has 1 amide bonds. The van der Waals surface area contributed by atoms with E-state index in [-0.39, 0.29) is 18.4 Å². The number of amides is 1. The Balaban J connectivity index is 2.28. The van der Waals surface area contributed by atoms with Crippen LogP contribution in [0.3, 0.4) is 0 Å². The highest BCUT2D eigenvalue weighted by Gasteiger charge is 2.12. The van der Waals surface area contributed by atoms with Crippen LogP contribution in [0.15, 0.2) is 24.5 Å². The van der Waals surface area contributed by atoms with Gasteiger partial charge in [-0.05, 0) is 26.0 Å². The molecule has 0 aliphatic heterocycles. The second-order valence-electron chi connectivity index (χ2n) is 4.36. The van der Waals surface area contributed by atoms with Crippen molar-refractivity contribution < 1.29 is 4.79 Å². The maximum atomic E-state index is 12.3. The number of hydrogen-bond acceptors (Lipinski definition) is 5. The molecule has 0 fully saturated rings. The van der Waals surface area contributed by atoms with Crippen LogP contribution in [0.4, 0.5) is 5.95 Å². The lowest BCUT2D eigenvalue weighted by Crippen LogP contribution is -2.16. The van der Waals surface area contributed by atoms with Crippen LogP contribution in [-0.4, -0.2) is 27.4 Å². The number of carbonyl (C=O) groups is 1. The van der Waals surface area contributed by atoms with E-state index >= 15 is 0 Å². The number of hydrogen-bond donors (Lipinski definition) is 2. The Bertz CT molecular complexity index is 710. The number of nitrogens with one attached hydrogen (secondary N) is 1. The Kier molecular flexibility index (Phi) is 4.59. The standard InChI is InChI=1S/C15H15N5O/c1-10-8-11(2)19-15(18-10)20-14(21)13-5-7-17-9-12(13)4-3-6-16/h5,7-9H,6,16H2,1-2H3,(H,18,19,20,21). The van der Waals surface area contributed by atoms with Crippen molar-refractivity contribution >= 4 is 11.9 Å². The molecule has 3 N–H and O–H groups in total. The van der Waals surface area contributed by atoms with Crippen molar-refractivity contribution in [1.82, 2.24) is 15.0 Å². The highest BCUT2D eigenvalue weighted by molar-refractivity contribution is 6.05. The van der Waals surface area contributed by atoms with Gasteiger partial charge in [-0.2, -0.15) is 0 Å². The summed E-state index contributed by atoms with van der Waals surface area (Å²) in [6.07, 6.45) is 3.06. The lowest BCUT2D eigenvalue weighted by atomic mass is 10.1. The molecule has 0 spiro atoms. The van der Waals surface area contributed by atoms with Crippen molar-refractivity contribution in [2.75, 3.05) is 11.9 Å². The first kappa shape index (κ1) is 14.6. The minimum Gasteiger partial charge on any atom is -0.320 e. The highest BCUT2D eigenvalue weighted by atomic mass is 16.1. The Labute approximate surface area is 122 Å². The Morgan fingerprint density at radius 1 is 1.33 bits per heavy atom. The summed E-state index contributed by atoms with van der Waals surface area (Å²) < 4.78 is 0. The van der Waals surface area contributed by atoms with Gasteiger partial charge < -0.3 is 5.73 Å². The van der Waals surface area contributed by atoms with Gasteiger partial charge in [0.05, 0.1) is 17.7 Å².